The summed E-state index contributed by atoms with van der Waals surface area (Å²) in [5.74, 6) is 0. The number of rotatable bonds is 7. The van der Waals surface area contributed by atoms with Gasteiger partial charge in [0.05, 0.1) is 13.2 Å². The average Bonchev–Trinajstić information content (AvgIpc) is 2.69. The number of hydrogen-bond donors (Lipinski definition) is 0. The first-order valence-corrected chi connectivity index (χ1v) is 11.2. The largest absolute Gasteiger partial charge is 0.381 e. The predicted octanol–water partition coefficient (Wildman–Crippen LogP) is 2.11. The third-order valence-corrected chi connectivity index (χ3v) is 6.79. The average molecular weight is 395 g/mol. The minimum absolute atomic E-state index is 0.00691. The van der Waals surface area contributed by atoms with Crippen LogP contribution in [-0.2, 0) is 19.5 Å². The molecular formula is C20H30N2O4S. The first kappa shape index (κ1) is 20.5. The summed E-state index contributed by atoms with van der Waals surface area (Å²) in [6.45, 7) is 7.66. The number of aryl methyl sites for hydroxylation is 1. The van der Waals surface area contributed by atoms with Gasteiger partial charge in [-0.05, 0) is 31.4 Å². The third-order valence-electron chi connectivity index (χ3n) is 5.18. The van der Waals surface area contributed by atoms with E-state index in [1.807, 2.05) is 31.2 Å². The van der Waals surface area contributed by atoms with Gasteiger partial charge in [-0.25, -0.2) is 8.42 Å². The van der Waals surface area contributed by atoms with E-state index in [0.717, 1.165) is 56.8 Å². The molecule has 6 nitrogen and oxygen atoms in total. The van der Waals surface area contributed by atoms with Crippen molar-refractivity contribution in [2.45, 2.75) is 25.8 Å². The van der Waals surface area contributed by atoms with Gasteiger partial charge in [0.15, 0.2) is 0 Å². The van der Waals surface area contributed by atoms with Crippen LogP contribution in [0.15, 0.2) is 29.7 Å². The molecule has 0 unspecified atom stereocenters. The second-order valence-corrected chi connectivity index (χ2v) is 8.94. The van der Waals surface area contributed by atoms with Crippen molar-refractivity contribution in [3.63, 3.8) is 0 Å². The van der Waals surface area contributed by atoms with Crippen molar-refractivity contribution < 1.29 is 17.9 Å². The van der Waals surface area contributed by atoms with Crippen molar-refractivity contribution >= 4 is 16.1 Å². The minimum Gasteiger partial charge on any atom is -0.381 e. The van der Waals surface area contributed by atoms with E-state index in [-0.39, 0.29) is 6.04 Å². The van der Waals surface area contributed by atoms with Crippen molar-refractivity contribution in [1.82, 2.24) is 9.21 Å². The fourth-order valence-electron chi connectivity index (χ4n) is 3.48. The maximum absolute atomic E-state index is 13.1. The van der Waals surface area contributed by atoms with Crippen LogP contribution in [0.1, 0.15) is 24.0 Å². The Kier molecular flexibility index (Phi) is 7.43. The summed E-state index contributed by atoms with van der Waals surface area (Å²) in [5.41, 5.74) is 2.05. The first-order chi connectivity index (χ1) is 13.0. The number of sulfonamides is 1. The Morgan fingerprint density at radius 1 is 1.07 bits per heavy atom. The van der Waals surface area contributed by atoms with Gasteiger partial charge in [-0.3, -0.25) is 4.90 Å². The Morgan fingerprint density at radius 2 is 1.70 bits per heavy atom. The molecule has 2 saturated heterocycles. The van der Waals surface area contributed by atoms with Crippen LogP contribution >= 0.6 is 0 Å². The lowest BCUT2D eigenvalue weighted by Gasteiger charge is -2.35. The summed E-state index contributed by atoms with van der Waals surface area (Å²) in [5, 5.41) is 1.35. The number of benzene rings is 1. The molecule has 0 spiro atoms. The second-order valence-electron chi connectivity index (χ2n) is 7.17. The molecule has 1 aromatic carbocycles. The monoisotopic (exact) mass is 394 g/mol. The zero-order valence-corrected chi connectivity index (χ0v) is 16.9. The van der Waals surface area contributed by atoms with Crippen LogP contribution in [0.2, 0.25) is 0 Å². The van der Waals surface area contributed by atoms with E-state index in [1.165, 1.54) is 5.41 Å². The Labute approximate surface area is 162 Å². The molecule has 2 fully saturated rings. The Morgan fingerprint density at radius 3 is 2.37 bits per heavy atom. The van der Waals surface area contributed by atoms with E-state index in [0.29, 0.717) is 19.8 Å². The standard InChI is InChI=1S/C20H30N2O4S/c1-18-2-4-19(5-3-18)8-17-27(23,24)22(20-6-13-25-14-7-20)10-9-21-11-15-26-16-12-21/h2-5,8,17,20H,6-7,9-16H2,1H3/b17-8+. The molecule has 150 valence electrons. The smallest absolute Gasteiger partial charge is 0.236 e. The molecule has 3 rings (SSSR count). The van der Waals surface area contributed by atoms with Gasteiger partial charge in [-0.1, -0.05) is 29.8 Å². The van der Waals surface area contributed by atoms with Gasteiger partial charge >= 0.3 is 0 Å². The molecule has 2 aliphatic heterocycles. The van der Waals surface area contributed by atoms with Crippen LogP contribution in [0.5, 0.6) is 0 Å². The predicted molar refractivity (Wildman–Crippen MR) is 107 cm³/mol. The zero-order valence-electron chi connectivity index (χ0n) is 16.0. The highest BCUT2D eigenvalue weighted by molar-refractivity contribution is 7.92. The summed E-state index contributed by atoms with van der Waals surface area (Å²) in [7, 11) is -3.49. The lowest BCUT2D eigenvalue weighted by molar-refractivity contribution is 0.0293. The van der Waals surface area contributed by atoms with Crippen LogP contribution in [0.3, 0.4) is 0 Å². The molecule has 0 N–H and O–H groups in total. The number of nitrogens with zero attached hydrogens (tertiary/aromatic N) is 2. The molecule has 0 bridgehead atoms. The molecule has 0 aromatic heterocycles. The number of hydrogen-bond acceptors (Lipinski definition) is 5. The van der Waals surface area contributed by atoms with E-state index in [2.05, 4.69) is 4.90 Å². The molecule has 0 atom stereocenters. The molecule has 0 aliphatic carbocycles. The Balaban J connectivity index is 1.71. The Hall–Kier alpha value is -1.25. The molecule has 1 aromatic rings. The first-order valence-electron chi connectivity index (χ1n) is 9.69. The molecule has 7 heteroatoms. The number of morpholine rings is 1. The molecule has 0 amide bonds. The van der Waals surface area contributed by atoms with Gasteiger partial charge in [0.25, 0.3) is 0 Å². The fourth-order valence-corrected chi connectivity index (χ4v) is 4.92. The number of ether oxygens (including phenoxy) is 2. The van der Waals surface area contributed by atoms with Gasteiger partial charge in [0.1, 0.15) is 0 Å². The van der Waals surface area contributed by atoms with E-state index >= 15 is 0 Å². The van der Waals surface area contributed by atoms with E-state index in [4.69, 9.17) is 9.47 Å². The van der Waals surface area contributed by atoms with Gasteiger partial charge in [-0.2, -0.15) is 4.31 Å². The molecule has 0 radical (unpaired) electrons. The lowest BCUT2D eigenvalue weighted by atomic mass is 10.1. The lowest BCUT2D eigenvalue weighted by Crippen LogP contribution is -2.47. The van der Waals surface area contributed by atoms with Crippen LogP contribution in [0, 0.1) is 6.92 Å². The van der Waals surface area contributed by atoms with Crippen molar-refractivity contribution in [3.8, 4) is 0 Å². The highest BCUT2D eigenvalue weighted by Crippen LogP contribution is 2.20. The quantitative estimate of drug-likeness (QED) is 0.709. The van der Waals surface area contributed by atoms with Gasteiger partial charge in [-0.15, -0.1) is 0 Å². The summed E-state index contributed by atoms with van der Waals surface area (Å²) in [6, 6.07) is 7.86. The normalized spacial score (nSPS) is 20.5. The maximum atomic E-state index is 13.1. The van der Waals surface area contributed by atoms with Gasteiger partial charge in [0, 0.05) is 50.8 Å². The second kappa shape index (κ2) is 9.80. The molecule has 2 aliphatic rings. The van der Waals surface area contributed by atoms with Crippen molar-refractivity contribution in [2.24, 2.45) is 0 Å². The summed E-state index contributed by atoms with van der Waals surface area (Å²) < 4.78 is 38.7. The topological polar surface area (TPSA) is 59.1 Å². The summed E-state index contributed by atoms with van der Waals surface area (Å²) >= 11 is 0. The zero-order chi connectivity index (χ0) is 19.1. The SMILES string of the molecule is Cc1ccc(/C=C/S(=O)(=O)N(CCN2CCOCC2)C2CCOCC2)cc1. The minimum atomic E-state index is -3.49. The maximum Gasteiger partial charge on any atom is 0.236 e. The van der Waals surface area contributed by atoms with Crippen LogP contribution in [0.25, 0.3) is 6.08 Å². The van der Waals surface area contributed by atoms with Crippen LogP contribution < -0.4 is 0 Å². The molecular weight excluding hydrogens is 364 g/mol. The Bertz CT molecular complexity index is 706. The summed E-state index contributed by atoms with van der Waals surface area (Å²) in [4.78, 5) is 2.27. The van der Waals surface area contributed by atoms with Crippen LogP contribution in [-0.4, -0.2) is 76.3 Å². The van der Waals surface area contributed by atoms with Gasteiger partial charge < -0.3 is 9.47 Å². The molecule has 27 heavy (non-hydrogen) atoms. The van der Waals surface area contributed by atoms with E-state index in [1.54, 1.807) is 10.4 Å². The molecule has 2 heterocycles. The van der Waals surface area contributed by atoms with Gasteiger partial charge in [0.2, 0.25) is 10.0 Å². The highest BCUT2D eigenvalue weighted by Gasteiger charge is 2.30. The fraction of sp³-hybridized carbons (Fsp3) is 0.600. The highest BCUT2D eigenvalue weighted by atomic mass is 32.2. The summed E-state index contributed by atoms with van der Waals surface area (Å²) in [6.07, 6.45) is 3.19. The van der Waals surface area contributed by atoms with Crippen molar-refractivity contribution in [1.29, 1.82) is 0 Å². The third kappa shape index (κ3) is 6.12. The van der Waals surface area contributed by atoms with Crippen molar-refractivity contribution in [2.75, 3.05) is 52.6 Å². The molecule has 0 saturated carbocycles. The van der Waals surface area contributed by atoms with Crippen molar-refractivity contribution in [3.05, 3.63) is 40.8 Å². The van der Waals surface area contributed by atoms with Crippen LogP contribution in [0.4, 0.5) is 0 Å². The van der Waals surface area contributed by atoms with E-state index in [9.17, 15) is 8.42 Å². The van der Waals surface area contributed by atoms with E-state index < -0.39 is 10.0 Å².